The van der Waals surface area contributed by atoms with Crippen LogP contribution >= 0.6 is 11.6 Å². The summed E-state index contributed by atoms with van der Waals surface area (Å²) in [5.41, 5.74) is 3.66. The topological polar surface area (TPSA) is 71.1 Å². The highest BCUT2D eigenvalue weighted by Gasteiger charge is 2.12. The van der Waals surface area contributed by atoms with Gasteiger partial charge in [-0.05, 0) is 47.9 Å². The van der Waals surface area contributed by atoms with E-state index in [9.17, 15) is 9.59 Å². The monoisotopic (exact) mass is 393 g/mol. The number of hydrogen-bond acceptors (Lipinski definition) is 3. The van der Waals surface area contributed by atoms with Crippen molar-refractivity contribution in [2.24, 2.45) is 0 Å². The summed E-state index contributed by atoms with van der Waals surface area (Å²) in [5, 5.41) is 6.30. The molecule has 0 saturated heterocycles. The van der Waals surface area contributed by atoms with Gasteiger partial charge in [-0.2, -0.15) is 0 Å². The van der Waals surface area contributed by atoms with Crippen molar-refractivity contribution >= 4 is 23.4 Å². The third kappa shape index (κ3) is 5.18. The van der Waals surface area contributed by atoms with E-state index in [0.29, 0.717) is 23.7 Å². The molecule has 0 atom stereocenters. The number of hydrogen-bond donors (Lipinski definition) is 2. The Kier molecular flexibility index (Phi) is 6.40. The predicted molar refractivity (Wildman–Crippen MR) is 109 cm³/mol. The highest BCUT2D eigenvalue weighted by molar-refractivity contribution is 6.30. The van der Waals surface area contributed by atoms with Gasteiger partial charge in [0.05, 0.1) is 0 Å². The highest BCUT2D eigenvalue weighted by atomic mass is 35.5. The van der Waals surface area contributed by atoms with E-state index in [1.807, 2.05) is 43.3 Å². The number of carbonyl (C=O) groups is 2. The van der Waals surface area contributed by atoms with Crippen LogP contribution in [0.1, 0.15) is 37.5 Å². The van der Waals surface area contributed by atoms with Crippen molar-refractivity contribution in [1.29, 1.82) is 0 Å². The third-order valence-corrected chi connectivity index (χ3v) is 4.57. The lowest BCUT2D eigenvalue weighted by Crippen LogP contribution is -2.26. The van der Waals surface area contributed by atoms with Gasteiger partial charge in [0.15, 0.2) is 0 Å². The molecule has 28 heavy (non-hydrogen) atoms. The summed E-state index contributed by atoms with van der Waals surface area (Å²) in [7, 11) is 0. The molecule has 2 aromatic carbocycles. The molecule has 6 heteroatoms. The normalized spacial score (nSPS) is 10.4. The van der Waals surface area contributed by atoms with Crippen LogP contribution in [0.15, 0.2) is 66.9 Å². The van der Waals surface area contributed by atoms with Gasteiger partial charge in [0.1, 0.15) is 5.69 Å². The molecule has 3 rings (SSSR count). The zero-order chi connectivity index (χ0) is 19.9. The maximum atomic E-state index is 12.4. The van der Waals surface area contributed by atoms with Crippen molar-refractivity contribution in [3.63, 3.8) is 0 Å². The smallest absolute Gasteiger partial charge is 0.270 e. The van der Waals surface area contributed by atoms with Gasteiger partial charge >= 0.3 is 0 Å². The second kappa shape index (κ2) is 9.15. The number of amides is 2. The minimum Gasteiger partial charge on any atom is -0.348 e. The Morgan fingerprint density at radius 1 is 0.929 bits per heavy atom. The second-order valence-corrected chi connectivity index (χ2v) is 6.78. The first-order valence-corrected chi connectivity index (χ1v) is 9.22. The van der Waals surface area contributed by atoms with Crippen LogP contribution in [0.2, 0.25) is 5.02 Å². The van der Waals surface area contributed by atoms with Gasteiger partial charge in [-0.15, -0.1) is 0 Å². The van der Waals surface area contributed by atoms with Gasteiger partial charge in [-0.1, -0.05) is 48.0 Å². The van der Waals surface area contributed by atoms with Crippen LogP contribution in [0, 0.1) is 6.92 Å². The summed E-state index contributed by atoms with van der Waals surface area (Å²) in [6, 6.07) is 18.1. The fourth-order valence-electron chi connectivity index (χ4n) is 2.66. The van der Waals surface area contributed by atoms with Gasteiger partial charge in [0.2, 0.25) is 0 Å². The van der Waals surface area contributed by atoms with E-state index in [1.54, 1.807) is 18.2 Å². The van der Waals surface area contributed by atoms with Gasteiger partial charge in [0, 0.05) is 29.9 Å². The van der Waals surface area contributed by atoms with E-state index in [0.717, 1.165) is 16.7 Å². The van der Waals surface area contributed by atoms with E-state index < -0.39 is 0 Å². The summed E-state index contributed by atoms with van der Waals surface area (Å²) in [6.07, 6.45) is 1.46. The largest absolute Gasteiger partial charge is 0.348 e. The van der Waals surface area contributed by atoms with E-state index in [-0.39, 0.29) is 17.5 Å². The van der Waals surface area contributed by atoms with E-state index in [2.05, 4.69) is 15.6 Å². The van der Waals surface area contributed by atoms with Crippen molar-refractivity contribution in [2.75, 3.05) is 0 Å². The van der Waals surface area contributed by atoms with Crippen molar-refractivity contribution in [3.8, 4) is 0 Å². The zero-order valence-corrected chi connectivity index (χ0v) is 16.2. The number of aromatic nitrogens is 1. The number of nitrogens with zero attached hydrogens (tertiary/aromatic N) is 1. The van der Waals surface area contributed by atoms with Crippen LogP contribution in [-0.2, 0) is 13.1 Å². The maximum absolute atomic E-state index is 12.4. The molecule has 2 N–H and O–H groups in total. The van der Waals surface area contributed by atoms with Crippen LogP contribution in [-0.4, -0.2) is 16.8 Å². The van der Waals surface area contributed by atoms with Crippen LogP contribution < -0.4 is 10.6 Å². The molecule has 3 aromatic rings. The Hall–Kier alpha value is -3.18. The van der Waals surface area contributed by atoms with Crippen LogP contribution in [0.5, 0.6) is 0 Å². The van der Waals surface area contributed by atoms with Crippen molar-refractivity contribution < 1.29 is 9.59 Å². The number of pyridine rings is 1. The molecule has 0 fully saturated rings. The van der Waals surface area contributed by atoms with E-state index in [4.69, 9.17) is 11.6 Å². The molecule has 0 radical (unpaired) electrons. The number of halogens is 1. The fourth-order valence-corrected chi connectivity index (χ4v) is 2.78. The first kappa shape index (κ1) is 19.6. The number of rotatable bonds is 6. The Morgan fingerprint density at radius 3 is 2.39 bits per heavy atom. The Morgan fingerprint density at radius 2 is 1.64 bits per heavy atom. The molecule has 1 aromatic heterocycles. The Balaban J connectivity index is 1.60. The van der Waals surface area contributed by atoms with Crippen LogP contribution in [0.3, 0.4) is 0 Å². The van der Waals surface area contributed by atoms with Crippen LogP contribution in [0.25, 0.3) is 0 Å². The first-order valence-electron chi connectivity index (χ1n) is 8.84. The fraction of sp³-hybridized carbons (Fsp3) is 0.136. The third-order valence-electron chi connectivity index (χ3n) is 4.32. The minimum absolute atomic E-state index is 0.192. The maximum Gasteiger partial charge on any atom is 0.270 e. The molecule has 2 amide bonds. The van der Waals surface area contributed by atoms with Crippen molar-refractivity contribution in [3.05, 3.63) is 99.8 Å². The zero-order valence-electron chi connectivity index (χ0n) is 15.4. The average Bonchev–Trinajstić information content (AvgIpc) is 2.72. The first-order chi connectivity index (χ1) is 13.5. The lowest BCUT2D eigenvalue weighted by Gasteiger charge is -2.09. The van der Waals surface area contributed by atoms with Gasteiger partial charge < -0.3 is 10.6 Å². The molecular weight excluding hydrogens is 374 g/mol. The molecule has 0 aliphatic heterocycles. The summed E-state index contributed by atoms with van der Waals surface area (Å²) < 4.78 is 0. The van der Waals surface area contributed by atoms with Gasteiger partial charge in [-0.25, -0.2) is 0 Å². The molecule has 1 heterocycles. The molecule has 0 unspecified atom stereocenters. The van der Waals surface area contributed by atoms with Gasteiger partial charge in [0.25, 0.3) is 11.8 Å². The number of nitrogens with one attached hydrogen (secondary N) is 2. The highest BCUT2D eigenvalue weighted by Crippen LogP contribution is 2.10. The molecule has 142 valence electrons. The van der Waals surface area contributed by atoms with Crippen LogP contribution in [0.4, 0.5) is 0 Å². The molecule has 0 bridgehead atoms. The molecular formula is C22H20ClN3O2. The summed E-state index contributed by atoms with van der Waals surface area (Å²) in [4.78, 5) is 28.9. The molecule has 0 saturated carbocycles. The van der Waals surface area contributed by atoms with E-state index in [1.165, 1.54) is 12.3 Å². The lowest BCUT2D eigenvalue weighted by molar-refractivity contribution is 0.0946. The predicted octanol–water partition coefficient (Wildman–Crippen LogP) is 3.90. The summed E-state index contributed by atoms with van der Waals surface area (Å²) in [5.74, 6) is -0.596. The lowest BCUT2D eigenvalue weighted by atomic mass is 10.1. The standard InChI is InChI=1S/C22H20ClN3O2/c1-15-4-2-3-5-18(15)14-26-21(27)17-10-11-24-20(12-17)22(28)25-13-16-6-8-19(23)9-7-16/h2-12H,13-14H2,1H3,(H,25,28)(H,26,27). The molecule has 5 nitrogen and oxygen atoms in total. The molecule has 0 spiro atoms. The SMILES string of the molecule is Cc1ccccc1CNC(=O)c1ccnc(C(=O)NCc2ccc(Cl)cc2)c1. The Labute approximate surface area is 168 Å². The van der Waals surface area contributed by atoms with Gasteiger partial charge in [-0.3, -0.25) is 14.6 Å². The van der Waals surface area contributed by atoms with Crippen molar-refractivity contribution in [2.45, 2.75) is 20.0 Å². The second-order valence-electron chi connectivity index (χ2n) is 6.35. The quantitative estimate of drug-likeness (QED) is 0.667. The number of aryl methyl sites for hydroxylation is 1. The number of benzene rings is 2. The van der Waals surface area contributed by atoms with Crippen molar-refractivity contribution in [1.82, 2.24) is 15.6 Å². The number of carbonyl (C=O) groups excluding carboxylic acids is 2. The summed E-state index contributed by atoms with van der Waals surface area (Å²) >= 11 is 5.86. The molecule has 0 aliphatic carbocycles. The Bertz CT molecular complexity index is 987. The molecule has 0 aliphatic rings. The summed E-state index contributed by atoms with van der Waals surface area (Å²) in [6.45, 7) is 2.77. The minimum atomic E-state index is -0.344. The average molecular weight is 394 g/mol. The van der Waals surface area contributed by atoms with E-state index >= 15 is 0 Å².